The van der Waals surface area contributed by atoms with Gasteiger partial charge in [-0.3, -0.25) is 9.59 Å². The molecule has 1 heterocycles. The van der Waals surface area contributed by atoms with Crippen LogP contribution in [0.2, 0.25) is 0 Å². The van der Waals surface area contributed by atoms with Gasteiger partial charge in [-0.05, 0) is 24.3 Å². The molecule has 0 aliphatic carbocycles. The Bertz CT molecular complexity index is 1200. The first-order valence-electron chi connectivity index (χ1n) is 9.68. The van der Waals surface area contributed by atoms with Gasteiger partial charge in [-0.2, -0.15) is 0 Å². The molecule has 0 saturated carbocycles. The third-order valence-electron chi connectivity index (χ3n) is 4.65. The molecule has 5 N–H and O–H groups in total. The number of aromatic nitrogens is 1. The summed E-state index contributed by atoms with van der Waals surface area (Å²) < 4.78 is 32.1. The number of amides is 1. The maximum Gasteiger partial charge on any atom is 0.327 e. The molecule has 10 nitrogen and oxygen atoms in total. The molecule has 3 rings (SSSR count). The molecule has 12 heteroatoms. The van der Waals surface area contributed by atoms with Crippen LogP contribution in [0.3, 0.4) is 0 Å². The lowest BCUT2D eigenvalue weighted by Crippen LogP contribution is -2.57. The smallest absolute Gasteiger partial charge is 0.327 e. The Morgan fingerprint density at radius 3 is 2.24 bits per heavy atom. The van der Waals surface area contributed by atoms with Crippen molar-refractivity contribution in [2.75, 3.05) is 12.3 Å². The minimum atomic E-state index is -4.48. The quantitative estimate of drug-likeness (QED) is 0.165. The molecule has 1 aromatic heterocycles. The Kier molecular flexibility index (Phi) is 7.76. The summed E-state index contributed by atoms with van der Waals surface area (Å²) >= 11 is 1.22. The van der Waals surface area contributed by atoms with Crippen molar-refractivity contribution < 1.29 is 27.9 Å². The lowest BCUT2D eigenvalue weighted by molar-refractivity contribution is -0.143. The van der Waals surface area contributed by atoms with Crippen molar-refractivity contribution in [1.29, 1.82) is 0 Å². The topological polar surface area (TPSA) is 166 Å². The Morgan fingerprint density at radius 2 is 1.70 bits per heavy atom. The zero-order chi connectivity index (χ0) is 24.0. The van der Waals surface area contributed by atoms with E-state index < -0.39 is 33.2 Å². The monoisotopic (exact) mass is 490 g/mol. The average molecular weight is 491 g/mol. The standard InChI is InChI=1S/C21H22N4O6S2/c22-21-24-15(13-32-21)11-12-31-19(25(23)18(26)14-7-3-1-4-8-14)17(20(27)28)33(29,30)16-9-5-2-6-10-16/h1-10,13,17,19H,11-12,23H2,(H2,22,24)(H,27,28)/t17-,19?/m0/s1. The Hall–Kier alpha value is -3.32. The van der Waals surface area contributed by atoms with Crippen molar-refractivity contribution >= 4 is 38.2 Å². The van der Waals surface area contributed by atoms with E-state index in [1.54, 1.807) is 29.6 Å². The predicted octanol–water partition coefficient (Wildman–Crippen LogP) is 1.55. The summed E-state index contributed by atoms with van der Waals surface area (Å²) in [5.74, 6) is 3.48. The number of anilines is 1. The highest BCUT2D eigenvalue weighted by Crippen LogP contribution is 2.23. The van der Waals surface area contributed by atoms with E-state index >= 15 is 0 Å². The van der Waals surface area contributed by atoms with E-state index in [2.05, 4.69) is 4.98 Å². The number of sulfone groups is 1. The average Bonchev–Trinajstić information content (AvgIpc) is 3.23. The second kappa shape index (κ2) is 10.5. The van der Waals surface area contributed by atoms with E-state index in [0.29, 0.717) is 15.8 Å². The van der Waals surface area contributed by atoms with Gasteiger partial charge in [-0.15, -0.1) is 11.3 Å². The van der Waals surface area contributed by atoms with Gasteiger partial charge in [0.2, 0.25) is 5.25 Å². The van der Waals surface area contributed by atoms with Crippen LogP contribution in [0.15, 0.2) is 70.9 Å². The Morgan fingerprint density at radius 1 is 1.09 bits per heavy atom. The van der Waals surface area contributed by atoms with Crippen LogP contribution in [-0.2, 0) is 25.8 Å². The van der Waals surface area contributed by atoms with Crippen LogP contribution in [0.4, 0.5) is 5.13 Å². The third-order valence-corrected chi connectivity index (χ3v) is 7.41. The van der Waals surface area contributed by atoms with Crippen LogP contribution in [0.5, 0.6) is 0 Å². The van der Waals surface area contributed by atoms with Crippen molar-refractivity contribution in [3.8, 4) is 0 Å². The van der Waals surface area contributed by atoms with E-state index in [-0.39, 0.29) is 23.5 Å². The van der Waals surface area contributed by atoms with Gasteiger partial charge < -0.3 is 15.6 Å². The summed E-state index contributed by atoms with van der Waals surface area (Å²) in [7, 11) is -4.48. The first kappa shape index (κ1) is 24.3. The van der Waals surface area contributed by atoms with Gasteiger partial charge >= 0.3 is 5.97 Å². The maximum atomic E-state index is 13.2. The number of rotatable bonds is 10. The van der Waals surface area contributed by atoms with Crippen LogP contribution >= 0.6 is 11.3 Å². The highest BCUT2D eigenvalue weighted by molar-refractivity contribution is 7.92. The fraction of sp³-hybridized carbons (Fsp3) is 0.190. The minimum absolute atomic E-state index is 0.141. The van der Waals surface area contributed by atoms with Gasteiger partial charge in [-0.1, -0.05) is 36.4 Å². The number of thiazole rings is 1. The zero-order valence-electron chi connectivity index (χ0n) is 17.3. The van der Waals surface area contributed by atoms with Crippen LogP contribution < -0.4 is 11.6 Å². The molecule has 2 aromatic carbocycles. The molecule has 0 bridgehead atoms. The fourth-order valence-corrected chi connectivity index (χ4v) is 5.25. The van der Waals surface area contributed by atoms with E-state index in [9.17, 15) is 23.1 Å². The number of nitrogens with two attached hydrogens (primary N) is 2. The number of carboxylic acid groups (broad SMARTS) is 1. The molecule has 0 fully saturated rings. The number of carboxylic acids is 1. The van der Waals surface area contributed by atoms with Crippen LogP contribution in [0.25, 0.3) is 0 Å². The Labute approximate surface area is 194 Å². The molecule has 0 aliphatic rings. The first-order chi connectivity index (χ1) is 15.7. The van der Waals surface area contributed by atoms with Crippen LogP contribution in [-0.4, -0.2) is 53.5 Å². The number of carbonyl (C=O) groups excluding carboxylic acids is 1. The zero-order valence-corrected chi connectivity index (χ0v) is 18.9. The molecule has 1 unspecified atom stereocenters. The molecule has 33 heavy (non-hydrogen) atoms. The highest BCUT2D eigenvalue weighted by Gasteiger charge is 2.45. The number of ether oxygens (including phenoxy) is 1. The summed E-state index contributed by atoms with van der Waals surface area (Å²) in [5, 5.41) is 10.2. The number of hydrogen-bond donors (Lipinski definition) is 3. The van der Waals surface area contributed by atoms with Crippen molar-refractivity contribution in [1.82, 2.24) is 9.99 Å². The number of nitrogens with zero attached hydrogens (tertiary/aromatic N) is 2. The van der Waals surface area contributed by atoms with E-state index in [4.69, 9.17) is 16.3 Å². The molecule has 0 spiro atoms. The lowest BCUT2D eigenvalue weighted by atomic mass is 10.2. The molecule has 1 amide bonds. The van der Waals surface area contributed by atoms with Crippen molar-refractivity contribution in [2.45, 2.75) is 22.8 Å². The maximum absolute atomic E-state index is 13.2. The summed E-state index contributed by atoms with van der Waals surface area (Å²) in [6, 6.07) is 14.9. The van der Waals surface area contributed by atoms with Gasteiger partial charge in [0, 0.05) is 17.4 Å². The molecule has 0 saturated heterocycles. The minimum Gasteiger partial charge on any atom is -0.480 e. The fourth-order valence-electron chi connectivity index (χ4n) is 3.05. The first-order valence-corrected chi connectivity index (χ1v) is 12.1. The number of nitrogen functional groups attached to an aromatic ring is 1. The van der Waals surface area contributed by atoms with E-state index in [0.717, 1.165) is 0 Å². The molecular weight excluding hydrogens is 468 g/mol. The molecule has 3 aromatic rings. The second-order valence-corrected chi connectivity index (χ2v) is 9.84. The van der Waals surface area contributed by atoms with Gasteiger partial charge in [0.1, 0.15) is 0 Å². The number of hydrazine groups is 1. The van der Waals surface area contributed by atoms with Crippen LogP contribution in [0.1, 0.15) is 16.1 Å². The Balaban J connectivity index is 1.95. The van der Waals surface area contributed by atoms with Crippen molar-refractivity contribution in [3.63, 3.8) is 0 Å². The number of aliphatic carboxylic acids is 1. The van der Waals surface area contributed by atoms with Gasteiger partial charge in [0.25, 0.3) is 5.91 Å². The SMILES string of the molecule is Nc1nc(CCOC([C@@H](C(=O)O)S(=O)(=O)c2ccccc2)N(N)C(=O)c2ccccc2)cs1. The molecule has 2 atom stereocenters. The van der Waals surface area contributed by atoms with Crippen LogP contribution in [0, 0.1) is 0 Å². The van der Waals surface area contributed by atoms with E-state index in [1.807, 2.05) is 0 Å². The van der Waals surface area contributed by atoms with Gasteiger partial charge in [-0.25, -0.2) is 24.3 Å². The number of carbonyl (C=O) groups is 2. The normalized spacial score (nSPS) is 13.2. The largest absolute Gasteiger partial charge is 0.480 e. The molecule has 0 radical (unpaired) electrons. The summed E-state index contributed by atoms with van der Waals surface area (Å²) in [4.78, 5) is 28.9. The number of hydrogen-bond acceptors (Lipinski definition) is 9. The molecule has 174 valence electrons. The second-order valence-electron chi connectivity index (χ2n) is 6.88. The van der Waals surface area contributed by atoms with Crippen molar-refractivity contribution in [2.24, 2.45) is 5.84 Å². The highest BCUT2D eigenvalue weighted by atomic mass is 32.2. The van der Waals surface area contributed by atoms with Gasteiger partial charge in [0.15, 0.2) is 21.2 Å². The van der Waals surface area contributed by atoms with E-state index in [1.165, 1.54) is 47.7 Å². The summed E-state index contributed by atoms with van der Waals surface area (Å²) in [6.45, 7) is -0.155. The predicted molar refractivity (Wildman–Crippen MR) is 122 cm³/mol. The molecular formula is C21H22N4O6S2. The van der Waals surface area contributed by atoms with Gasteiger partial charge in [0.05, 0.1) is 17.2 Å². The summed E-state index contributed by atoms with van der Waals surface area (Å²) in [6.07, 6.45) is -1.62. The summed E-state index contributed by atoms with van der Waals surface area (Å²) in [5.41, 5.74) is 6.33. The van der Waals surface area contributed by atoms with Crippen molar-refractivity contribution in [3.05, 3.63) is 77.3 Å². The number of benzene rings is 2. The third kappa shape index (κ3) is 5.73. The lowest BCUT2D eigenvalue weighted by Gasteiger charge is -2.31. The molecule has 0 aliphatic heterocycles.